The molecule has 21 heavy (non-hydrogen) atoms. The highest BCUT2D eigenvalue weighted by Crippen LogP contribution is 2.35. The van der Waals surface area contributed by atoms with Crippen molar-refractivity contribution in [2.24, 2.45) is 5.84 Å². The molecule has 0 radical (unpaired) electrons. The second-order valence-corrected chi connectivity index (χ2v) is 4.29. The summed E-state index contributed by atoms with van der Waals surface area (Å²) in [7, 11) is 0. The van der Waals surface area contributed by atoms with Crippen LogP contribution in [-0.2, 0) is 6.61 Å². The van der Waals surface area contributed by atoms with E-state index in [0.29, 0.717) is 5.56 Å². The number of benzene rings is 1. The number of amides is 1. The average Bonchev–Trinajstić information content (AvgIpc) is 2.93. The van der Waals surface area contributed by atoms with Gasteiger partial charge in [0.05, 0.1) is 16.2 Å². The van der Waals surface area contributed by atoms with Crippen LogP contribution >= 0.6 is 11.6 Å². The van der Waals surface area contributed by atoms with Crippen molar-refractivity contribution in [2.45, 2.75) is 6.61 Å². The number of nitrogens with one attached hydrogen (secondary N) is 1. The minimum atomic E-state index is -0.632. The lowest BCUT2D eigenvalue weighted by Gasteiger charge is -2.08. The Balaban J connectivity index is 2.23. The number of carbonyl (C=O) groups is 1. The summed E-state index contributed by atoms with van der Waals surface area (Å²) in [5.41, 5.74) is 2.04. The molecule has 0 saturated heterocycles. The number of nitro groups is 1. The van der Waals surface area contributed by atoms with Gasteiger partial charge in [0.15, 0.2) is 5.76 Å². The molecule has 1 aromatic heterocycles. The van der Waals surface area contributed by atoms with Gasteiger partial charge in [-0.05, 0) is 12.1 Å². The van der Waals surface area contributed by atoms with E-state index >= 15 is 0 Å². The fourth-order valence-corrected chi connectivity index (χ4v) is 1.87. The number of ether oxygens (including phenoxy) is 1. The Labute approximate surface area is 123 Å². The lowest BCUT2D eigenvalue weighted by atomic mass is 10.2. The summed E-state index contributed by atoms with van der Waals surface area (Å²) in [5.74, 6) is 4.27. The van der Waals surface area contributed by atoms with Crippen LogP contribution in [0.1, 0.15) is 16.1 Å². The zero-order chi connectivity index (χ0) is 15.4. The number of nitrogens with zero attached hydrogens (tertiary/aromatic N) is 1. The van der Waals surface area contributed by atoms with Gasteiger partial charge in [-0.3, -0.25) is 20.3 Å². The van der Waals surface area contributed by atoms with Crippen LogP contribution < -0.4 is 16.0 Å². The minimum Gasteiger partial charge on any atom is -0.481 e. The third-order valence-electron chi connectivity index (χ3n) is 2.60. The van der Waals surface area contributed by atoms with Gasteiger partial charge in [0.2, 0.25) is 5.75 Å². The first kappa shape index (κ1) is 14.8. The average molecular weight is 312 g/mol. The molecule has 0 unspecified atom stereocenters. The standard InChI is InChI=1S/C12H10ClN3O5/c13-8-2-1-3-9(16(18)19)11(8)21-6-7-4-5-20-10(7)12(17)15-14/h1-5H,6,14H2,(H,15,17). The van der Waals surface area contributed by atoms with Crippen molar-refractivity contribution in [3.8, 4) is 5.75 Å². The monoisotopic (exact) mass is 311 g/mol. The maximum absolute atomic E-state index is 11.4. The van der Waals surface area contributed by atoms with Gasteiger partial charge < -0.3 is 9.15 Å². The molecule has 0 aliphatic heterocycles. The van der Waals surface area contributed by atoms with E-state index < -0.39 is 10.8 Å². The second kappa shape index (κ2) is 6.25. The van der Waals surface area contributed by atoms with Gasteiger partial charge in [0.25, 0.3) is 0 Å². The van der Waals surface area contributed by atoms with E-state index in [4.69, 9.17) is 26.6 Å². The SMILES string of the molecule is NNC(=O)c1occc1COc1c(Cl)cccc1[N+](=O)[O-]. The lowest BCUT2D eigenvalue weighted by Crippen LogP contribution is -2.30. The Morgan fingerprint density at radius 3 is 2.90 bits per heavy atom. The number of carbonyl (C=O) groups excluding carboxylic acids is 1. The summed E-state index contributed by atoms with van der Waals surface area (Å²) in [6.07, 6.45) is 1.28. The zero-order valence-corrected chi connectivity index (χ0v) is 11.3. The molecule has 1 aromatic carbocycles. The van der Waals surface area contributed by atoms with E-state index in [1.807, 2.05) is 5.43 Å². The highest BCUT2D eigenvalue weighted by Gasteiger charge is 2.20. The number of rotatable bonds is 5. The maximum Gasteiger partial charge on any atom is 0.312 e. The molecule has 0 aliphatic carbocycles. The number of halogens is 1. The number of hydrogen-bond acceptors (Lipinski definition) is 6. The van der Waals surface area contributed by atoms with Gasteiger partial charge in [0.1, 0.15) is 6.61 Å². The van der Waals surface area contributed by atoms with Crippen LogP contribution in [0.25, 0.3) is 0 Å². The van der Waals surface area contributed by atoms with Crippen molar-refractivity contribution in [3.63, 3.8) is 0 Å². The smallest absolute Gasteiger partial charge is 0.312 e. The molecule has 0 spiro atoms. The van der Waals surface area contributed by atoms with Gasteiger partial charge in [-0.15, -0.1) is 0 Å². The van der Waals surface area contributed by atoms with E-state index in [-0.39, 0.29) is 28.8 Å². The topological polar surface area (TPSA) is 121 Å². The summed E-state index contributed by atoms with van der Waals surface area (Å²) in [6.45, 7) is -0.135. The first-order chi connectivity index (χ1) is 10.0. The third kappa shape index (κ3) is 3.12. The van der Waals surface area contributed by atoms with Crippen LogP contribution in [0.3, 0.4) is 0 Å². The molecular formula is C12H10ClN3O5. The molecular weight excluding hydrogens is 302 g/mol. The summed E-state index contributed by atoms with van der Waals surface area (Å²) in [6, 6.07) is 5.67. The molecule has 0 aliphatic rings. The van der Waals surface area contributed by atoms with Crippen LogP contribution in [0.5, 0.6) is 5.75 Å². The predicted octanol–water partition coefficient (Wildman–Crippen LogP) is 2.02. The van der Waals surface area contributed by atoms with Crippen molar-refractivity contribution < 1.29 is 18.9 Å². The number of hydrogen-bond donors (Lipinski definition) is 2. The largest absolute Gasteiger partial charge is 0.481 e. The highest BCUT2D eigenvalue weighted by atomic mass is 35.5. The molecule has 0 atom stereocenters. The van der Waals surface area contributed by atoms with Gasteiger partial charge >= 0.3 is 11.6 Å². The van der Waals surface area contributed by atoms with Crippen molar-refractivity contribution >= 4 is 23.2 Å². The molecule has 1 heterocycles. The maximum atomic E-state index is 11.4. The molecule has 2 aromatic rings. The van der Waals surface area contributed by atoms with Crippen molar-refractivity contribution in [1.29, 1.82) is 0 Å². The highest BCUT2D eigenvalue weighted by molar-refractivity contribution is 6.32. The van der Waals surface area contributed by atoms with Crippen LogP contribution in [0.4, 0.5) is 5.69 Å². The third-order valence-corrected chi connectivity index (χ3v) is 2.90. The Hall–Kier alpha value is -2.58. The zero-order valence-electron chi connectivity index (χ0n) is 10.5. The number of furan rings is 1. The van der Waals surface area contributed by atoms with Crippen LogP contribution in [0.15, 0.2) is 34.9 Å². The van der Waals surface area contributed by atoms with Crippen molar-refractivity contribution in [1.82, 2.24) is 5.43 Å². The second-order valence-electron chi connectivity index (χ2n) is 3.88. The first-order valence-electron chi connectivity index (χ1n) is 5.67. The van der Waals surface area contributed by atoms with E-state index in [1.165, 1.54) is 30.5 Å². The van der Waals surface area contributed by atoms with Crippen LogP contribution in [-0.4, -0.2) is 10.8 Å². The minimum absolute atomic E-state index is 0.0350. The summed E-state index contributed by atoms with van der Waals surface area (Å²) < 4.78 is 10.3. The molecule has 2 rings (SSSR count). The number of nitrogens with two attached hydrogens (primary N) is 1. The summed E-state index contributed by atoms with van der Waals surface area (Å²) in [5, 5.41) is 11.0. The van der Waals surface area contributed by atoms with Crippen LogP contribution in [0.2, 0.25) is 5.02 Å². The molecule has 0 fully saturated rings. The Morgan fingerprint density at radius 1 is 1.48 bits per heavy atom. The van der Waals surface area contributed by atoms with E-state index in [9.17, 15) is 14.9 Å². The summed E-state index contributed by atoms with van der Waals surface area (Å²) >= 11 is 5.89. The summed E-state index contributed by atoms with van der Waals surface area (Å²) in [4.78, 5) is 21.7. The van der Waals surface area contributed by atoms with E-state index in [2.05, 4.69) is 0 Å². The molecule has 9 heteroatoms. The molecule has 0 bridgehead atoms. The van der Waals surface area contributed by atoms with Crippen molar-refractivity contribution in [2.75, 3.05) is 0 Å². The van der Waals surface area contributed by atoms with Gasteiger partial charge in [0, 0.05) is 11.6 Å². The fourth-order valence-electron chi connectivity index (χ4n) is 1.65. The fraction of sp³-hybridized carbons (Fsp3) is 0.0833. The Kier molecular flexibility index (Phi) is 4.41. The Morgan fingerprint density at radius 2 is 2.24 bits per heavy atom. The van der Waals surface area contributed by atoms with Gasteiger partial charge in [-0.25, -0.2) is 5.84 Å². The number of hydrazine groups is 1. The molecule has 1 amide bonds. The quantitative estimate of drug-likeness (QED) is 0.377. The first-order valence-corrected chi connectivity index (χ1v) is 6.05. The lowest BCUT2D eigenvalue weighted by molar-refractivity contribution is -0.385. The van der Waals surface area contributed by atoms with Gasteiger partial charge in [-0.1, -0.05) is 17.7 Å². The predicted molar refractivity (Wildman–Crippen MR) is 72.8 cm³/mol. The number of para-hydroxylation sites is 1. The van der Waals surface area contributed by atoms with Crippen molar-refractivity contribution in [3.05, 3.63) is 57.0 Å². The normalized spacial score (nSPS) is 10.2. The number of nitro benzene ring substituents is 1. The molecule has 0 saturated carbocycles. The van der Waals surface area contributed by atoms with Crippen LogP contribution in [0, 0.1) is 10.1 Å². The Bertz CT molecular complexity index is 685. The number of nitrogen functional groups attached to an aromatic ring is 1. The molecule has 110 valence electrons. The van der Waals surface area contributed by atoms with E-state index in [0.717, 1.165) is 0 Å². The molecule has 3 N–H and O–H groups in total. The van der Waals surface area contributed by atoms with Gasteiger partial charge in [-0.2, -0.15) is 0 Å². The molecule has 8 nitrogen and oxygen atoms in total. The van der Waals surface area contributed by atoms with E-state index in [1.54, 1.807) is 0 Å².